The highest BCUT2D eigenvalue weighted by molar-refractivity contribution is 5.93. The van der Waals surface area contributed by atoms with Crippen molar-refractivity contribution < 1.29 is 24.2 Å². The van der Waals surface area contributed by atoms with Crippen LogP contribution in [0.5, 0.6) is 0 Å². The molecule has 8 nitrogen and oxygen atoms in total. The molecule has 9 heteroatoms. The van der Waals surface area contributed by atoms with E-state index in [1.54, 1.807) is 27.8 Å². The third-order valence-corrected chi connectivity index (χ3v) is 6.45. The van der Waals surface area contributed by atoms with Crippen LogP contribution in [0.4, 0.5) is 4.39 Å². The average molecular weight is 455 g/mol. The quantitative estimate of drug-likeness (QED) is 0.607. The number of nitrogens with zero attached hydrogens (tertiary/aromatic N) is 3. The molecule has 3 heterocycles. The van der Waals surface area contributed by atoms with E-state index in [0.717, 1.165) is 18.4 Å². The summed E-state index contributed by atoms with van der Waals surface area (Å²) in [6, 6.07) is 2.93. The molecular weight excluding hydrogens is 427 g/mol. The van der Waals surface area contributed by atoms with Crippen LogP contribution in [0.2, 0.25) is 0 Å². The smallest absolute Gasteiger partial charge is 0.269 e. The van der Waals surface area contributed by atoms with Gasteiger partial charge in [0.05, 0.1) is 11.3 Å². The largest absolute Gasteiger partial charge is 0.384 e. The van der Waals surface area contributed by atoms with Gasteiger partial charge in [0.25, 0.3) is 11.8 Å². The zero-order valence-corrected chi connectivity index (χ0v) is 19.0. The standard InChI is InChI=1S/C24H27FN4O4/c1-5-28(4)23(32)18(30)7-6-12-10-16-15(11-17(12)25)13-8-14(9-13)29-20(24(2,3)33)19(21(26)31)27-22(16)29/h10-11,13-14,18,30,33H,5,8-9H2,1-4H3,(H2,26,31)/t13?,14?,18-/m1/s1. The van der Waals surface area contributed by atoms with Crippen LogP contribution < -0.4 is 5.73 Å². The summed E-state index contributed by atoms with van der Waals surface area (Å²) in [5.74, 6) is 3.63. The van der Waals surface area contributed by atoms with Gasteiger partial charge in [0.2, 0.25) is 0 Å². The summed E-state index contributed by atoms with van der Waals surface area (Å²) >= 11 is 0. The lowest BCUT2D eigenvalue weighted by Crippen LogP contribution is -2.35. The molecule has 1 aromatic carbocycles. The van der Waals surface area contributed by atoms with Gasteiger partial charge in [-0.15, -0.1) is 0 Å². The monoisotopic (exact) mass is 454 g/mol. The fourth-order valence-electron chi connectivity index (χ4n) is 4.58. The molecule has 1 aromatic heterocycles. The van der Waals surface area contributed by atoms with Crippen molar-refractivity contribution in [2.24, 2.45) is 5.73 Å². The third-order valence-electron chi connectivity index (χ3n) is 6.45. The fourth-order valence-corrected chi connectivity index (χ4v) is 4.58. The Morgan fingerprint density at radius 3 is 2.64 bits per heavy atom. The van der Waals surface area contributed by atoms with Crippen molar-refractivity contribution in [3.8, 4) is 23.2 Å². The van der Waals surface area contributed by atoms with E-state index in [4.69, 9.17) is 5.73 Å². The number of hydrogen-bond donors (Lipinski definition) is 3. The highest BCUT2D eigenvalue weighted by Crippen LogP contribution is 2.54. The third kappa shape index (κ3) is 3.79. The van der Waals surface area contributed by atoms with Crippen LogP contribution >= 0.6 is 0 Å². The maximum atomic E-state index is 14.9. The van der Waals surface area contributed by atoms with E-state index in [0.29, 0.717) is 23.6 Å². The first-order valence-electron chi connectivity index (χ1n) is 10.9. The Labute approximate surface area is 191 Å². The summed E-state index contributed by atoms with van der Waals surface area (Å²) in [4.78, 5) is 30.0. The Hall–Kier alpha value is -3.22. The van der Waals surface area contributed by atoms with Gasteiger partial charge >= 0.3 is 0 Å². The summed E-state index contributed by atoms with van der Waals surface area (Å²) in [5, 5.41) is 20.9. The Kier molecular flexibility index (Phi) is 5.55. The number of likely N-dealkylation sites (N-methyl/N-ethyl adjacent to an activating group) is 1. The van der Waals surface area contributed by atoms with E-state index in [1.165, 1.54) is 17.0 Å². The number of aromatic nitrogens is 2. The maximum absolute atomic E-state index is 14.9. The second-order valence-electron chi connectivity index (χ2n) is 9.19. The van der Waals surface area contributed by atoms with E-state index in [2.05, 4.69) is 16.8 Å². The Morgan fingerprint density at radius 2 is 2.06 bits per heavy atom. The second kappa shape index (κ2) is 7.97. The molecule has 174 valence electrons. The minimum atomic E-state index is -1.58. The Bertz CT molecular complexity index is 1210. The molecule has 3 aliphatic rings. The first kappa shape index (κ1) is 23.0. The van der Waals surface area contributed by atoms with Crippen LogP contribution in [0.1, 0.15) is 72.9 Å². The van der Waals surface area contributed by atoms with Gasteiger partial charge in [-0.25, -0.2) is 9.37 Å². The van der Waals surface area contributed by atoms with Crippen molar-refractivity contribution in [1.82, 2.24) is 14.5 Å². The van der Waals surface area contributed by atoms with Gasteiger partial charge in [-0.3, -0.25) is 9.59 Å². The molecule has 1 atom stereocenters. The fraction of sp³-hybridized carbons (Fsp3) is 0.458. The van der Waals surface area contributed by atoms with Crippen LogP contribution in [-0.2, 0) is 10.4 Å². The van der Waals surface area contributed by atoms with Crippen LogP contribution in [0.15, 0.2) is 12.1 Å². The van der Waals surface area contributed by atoms with Gasteiger partial charge in [-0.2, -0.15) is 0 Å². The minimum Gasteiger partial charge on any atom is -0.384 e. The normalized spacial score (nSPS) is 19.2. The number of primary amides is 1. The van der Waals surface area contributed by atoms with Gasteiger partial charge in [0, 0.05) is 25.2 Å². The van der Waals surface area contributed by atoms with Gasteiger partial charge in [-0.1, -0.05) is 11.8 Å². The molecule has 2 bridgehead atoms. The van der Waals surface area contributed by atoms with Gasteiger partial charge in [0.15, 0.2) is 11.8 Å². The molecule has 1 aliphatic carbocycles. The molecule has 33 heavy (non-hydrogen) atoms. The lowest BCUT2D eigenvalue weighted by Gasteiger charge is -2.37. The molecule has 5 rings (SSSR count). The second-order valence-corrected chi connectivity index (χ2v) is 9.19. The summed E-state index contributed by atoms with van der Waals surface area (Å²) in [7, 11) is 1.54. The van der Waals surface area contributed by atoms with Crippen molar-refractivity contribution in [3.05, 3.63) is 40.5 Å². The number of benzene rings is 1. The number of rotatable bonds is 4. The molecule has 0 unspecified atom stereocenters. The summed E-state index contributed by atoms with van der Waals surface area (Å²) in [6.07, 6.45) is -0.136. The molecule has 0 saturated heterocycles. The van der Waals surface area contributed by atoms with E-state index in [1.807, 2.05) is 4.57 Å². The van der Waals surface area contributed by atoms with Crippen molar-refractivity contribution in [2.75, 3.05) is 13.6 Å². The first-order chi connectivity index (χ1) is 15.4. The summed E-state index contributed by atoms with van der Waals surface area (Å²) in [6.45, 7) is 5.30. The van der Waals surface area contributed by atoms with Crippen molar-refractivity contribution in [1.29, 1.82) is 0 Å². The van der Waals surface area contributed by atoms with E-state index in [9.17, 15) is 24.2 Å². The molecule has 2 aliphatic heterocycles. The van der Waals surface area contributed by atoms with Crippen molar-refractivity contribution in [3.63, 3.8) is 0 Å². The molecule has 2 amide bonds. The van der Waals surface area contributed by atoms with Crippen molar-refractivity contribution >= 4 is 11.8 Å². The molecule has 0 radical (unpaired) electrons. The Morgan fingerprint density at radius 1 is 1.39 bits per heavy atom. The number of hydrogen-bond acceptors (Lipinski definition) is 5. The van der Waals surface area contributed by atoms with Crippen LogP contribution in [0, 0.1) is 17.7 Å². The molecular formula is C24H27FN4O4. The number of nitrogens with two attached hydrogens (primary N) is 1. The number of imidazole rings is 1. The summed E-state index contributed by atoms with van der Waals surface area (Å²) in [5.41, 5.74) is 5.85. The van der Waals surface area contributed by atoms with E-state index < -0.39 is 29.3 Å². The molecule has 4 N–H and O–H groups in total. The van der Waals surface area contributed by atoms with Crippen LogP contribution in [0.25, 0.3) is 11.4 Å². The van der Waals surface area contributed by atoms with Crippen molar-refractivity contribution in [2.45, 2.75) is 57.3 Å². The van der Waals surface area contributed by atoms with Crippen LogP contribution in [-0.4, -0.2) is 56.2 Å². The van der Waals surface area contributed by atoms with Gasteiger partial charge in [0.1, 0.15) is 17.2 Å². The lowest BCUT2D eigenvalue weighted by atomic mass is 9.75. The number of aliphatic hydroxyl groups is 2. The average Bonchev–Trinajstić information content (AvgIpc) is 3.01. The number of amides is 2. The Balaban J connectivity index is 1.86. The highest BCUT2D eigenvalue weighted by Gasteiger charge is 2.44. The first-order valence-corrected chi connectivity index (χ1v) is 10.9. The predicted molar refractivity (Wildman–Crippen MR) is 119 cm³/mol. The molecule has 0 spiro atoms. The number of carbonyl (C=O) groups is 2. The number of aliphatic hydroxyl groups excluding tert-OH is 1. The molecule has 1 saturated carbocycles. The van der Waals surface area contributed by atoms with Gasteiger partial charge < -0.3 is 25.4 Å². The SMILES string of the molecule is CCN(C)C(=O)[C@H](O)C#Cc1cc2c(cc1F)C1CC(C1)n1c-2nc(C(N)=O)c1C(C)(C)O. The summed E-state index contributed by atoms with van der Waals surface area (Å²) < 4.78 is 16.8. The predicted octanol–water partition coefficient (Wildman–Crippen LogP) is 1.64. The molecule has 1 fully saturated rings. The maximum Gasteiger partial charge on any atom is 0.269 e. The number of carbonyl (C=O) groups excluding carboxylic acids is 2. The van der Waals surface area contributed by atoms with E-state index in [-0.39, 0.29) is 23.2 Å². The highest BCUT2D eigenvalue weighted by atomic mass is 19.1. The topological polar surface area (TPSA) is 122 Å². The zero-order chi connectivity index (χ0) is 24.2. The van der Waals surface area contributed by atoms with Gasteiger partial charge in [-0.05, 0) is 57.2 Å². The number of halogens is 1. The van der Waals surface area contributed by atoms with E-state index >= 15 is 0 Å². The minimum absolute atomic E-state index is 0.000968. The molecule has 2 aromatic rings. The zero-order valence-electron chi connectivity index (χ0n) is 19.0. The van der Waals surface area contributed by atoms with Crippen LogP contribution in [0.3, 0.4) is 0 Å². The lowest BCUT2D eigenvalue weighted by molar-refractivity contribution is -0.135.